The highest BCUT2D eigenvalue weighted by Gasteiger charge is 2.04. The quantitative estimate of drug-likeness (QED) is 0.336. The molecule has 1 amide bonds. The van der Waals surface area contributed by atoms with E-state index in [2.05, 4.69) is 22.4 Å². The van der Waals surface area contributed by atoms with Crippen LogP contribution in [0.3, 0.4) is 0 Å². The number of ether oxygens (including phenoxy) is 1. The van der Waals surface area contributed by atoms with Crippen LogP contribution in [0.1, 0.15) is 25.3 Å². The number of nitrogens with zero attached hydrogens (tertiary/aromatic N) is 2. The molecule has 0 aliphatic carbocycles. The number of hydrogen-bond donors (Lipinski definition) is 1. The summed E-state index contributed by atoms with van der Waals surface area (Å²) in [7, 11) is 0. The molecular formula is C16H19N3O2S2. The van der Waals surface area contributed by atoms with Crippen LogP contribution in [0, 0.1) is 0 Å². The van der Waals surface area contributed by atoms with E-state index in [-0.39, 0.29) is 5.91 Å². The average molecular weight is 349 g/mol. The van der Waals surface area contributed by atoms with Gasteiger partial charge >= 0.3 is 0 Å². The lowest BCUT2D eigenvalue weighted by molar-refractivity contribution is -0.111. The molecule has 2 aromatic rings. The summed E-state index contributed by atoms with van der Waals surface area (Å²) in [5, 5.41) is 11.0. The molecule has 0 saturated heterocycles. The highest BCUT2D eigenvalue weighted by atomic mass is 32.2. The van der Waals surface area contributed by atoms with Gasteiger partial charge in [0.15, 0.2) is 4.34 Å². The van der Waals surface area contributed by atoms with E-state index in [1.54, 1.807) is 6.08 Å². The summed E-state index contributed by atoms with van der Waals surface area (Å²) < 4.78 is 6.42. The van der Waals surface area contributed by atoms with Gasteiger partial charge in [-0.15, -0.1) is 10.2 Å². The van der Waals surface area contributed by atoms with Crippen molar-refractivity contribution in [2.24, 2.45) is 0 Å². The van der Waals surface area contributed by atoms with Gasteiger partial charge in [0.1, 0.15) is 5.75 Å². The third-order valence-electron chi connectivity index (χ3n) is 2.89. The fourth-order valence-corrected chi connectivity index (χ4v) is 2.84. The number of hydrogen-bond acceptors (Lipinski definition) is 6. The average Bonchev–Trinajstić information content (AvgIpc) is 3.02. The molecule has 1 aromatic heterocycles. The minimum Gasteiger partial charge on any atom is -0.494 e. The van der Waals surface area contributed by atoms with Crippen LogP contribution in [0.5, 0.6) is 5.75 Å². The first-order valence-corrected chi connectivity index (χ1v) is 9.35. The van der Waals surface area contributed by atoms with Gasteiger partial charge in [-0.2, -0.15) is 0 Å². The molecular weight excluding hydrogens is 330 g/mol. The van der Waals surface area contributed by atoms with Crippen molar-refractivity contribution in [2.45, 2.75) is 24.1 Å². The first kappa shape index (κ1) is 17.5. The maximum absolute atomic E-state index is 11.8. The zero-order valence-corrected chi connectivity index (χ0v) is 14.7. The first-order chi connectivity index (χ1) is 11.2. The van der Waals surface area contributed by atoms with E-state index in [4.69, 9.17) is 4.74 Å². The Bertz CT molecular complexity index is 654. The Morgan fingerprint density at radius 2 is 2.13 bits per heavy atom. The summed E-state index contributed by atoms with van der Waals surface area (Å²) in [6.07, 6.45) is 7.31. The van der Waals surface area contributed by atoms with Crippen molar-refractivity contribution < 1.29 is 9.53 Å². The molecule has 0 radical (unpaired) electrons. The monoisotopic (exact) mass is 349 g/mol. The summed E-state index contributed by atoms with van der Waals surface area (Å²) in [5.41, 5.74) is 0.935. The third kappa shape index (κ3) is 6.03. The lowest BCUT2D eigenvalue weighted by Gasteiger charge is -2.04. The molecule has 0 fully saturated rings. The molecule has 122 valence electrons. The molecule has 1 heterocycles. The number of carbonyl (C=O) groups excluding carboxylic acids is 1. The number of aromatic nitrogens is 2. The Kier molecular flexibility index (Phi) is 7.09. The van der Waals surface area contributed by atoms with Crippen LogP contribution in [0.25, 0.3) is 6.08 Å². The number of nitrogens with one attached hydrogen (secondary N) is 1. The summed E-state index contributed by atoms with van der Waals surface area (Å²) in [4.78, 5) is 11.8. The van der Waals surface area contributed by atoms with Crippen LogP contribution < -0.4 is 10.1 Å². The van der Waals surface area contributed by atoms with Crippen LogP contribution in [0.15, 0.2) is 34.7 Å². The minimum atomic E-state index is -0.225. The van der Waals surface area contributed by atoms with Gasteiger partial charge in [0.2, 0.25) is 11.0 Å². The Morgan fingerprint density at radius 1 is 1.35 bits per heavy atom. The zero-order chi connectivity index (χ0) is 16.5. The zero-order valence-electron chi connectivity index (χ0n) is 13.1. The smallest absolute Gasteiger partial charge is 0.250 e. The van der Waals surface area contributed by atoms with Crippen LogP contribution in [-0.4, -0.2) is 29.0 Å². The van der Waals surface area contributed by atoms with Crippen LogP contribution >= 0.6 is 23.1 Å². The van der Waals surface area contributed by atoms with Crippen molar-refractivity contribution in [1.29, 1.82) is 0 Å². The van der Waals surface area contributed by atoms with Crippen molar-refractivity contribution in [2.75, 3.05) is 18.2 Å². The first-order valence-electron chi connectivity index (χ1n) is 7.30. The molecule has 0 aliphatic heterocycles. The topological polar surface area (TPSA) is 64.1 Å². The maximum atomic E-state index is 11.8. The Balaban J connectivity index is 1.85. The SMILES string of the molecule is CCCCOc1ccc(/C=C/C(=O)Nc2nnc(SC)s2)cc1. The van der Waals surface area contributed by atoms with Gasteiger partial charge < -0.3 is 4.74 Å². The van der Waals surface area contributed by atoms with E-state index in [1.165, 1.54) is 29.2 Å². The van der Waals surface area contributed by atoms with Gasteiger partial charge in [0.05, 0.1) is 6.61 Å². The number of amides is 1. The number of unbranched alkanes of at least 4 members (excludes halogenated alkanes) is 1. The van der Waals surface area contributed by atoms with E-state index < -0.39 is 0 Å². The summed E-state index contributed by atoms with van der Waals surface area (Å²) >= 11 is 2.85. The van der Waals surface area contributed by atoms with Crippen LogP contribution in [0.4, 0.5) is 5.13 Å². The summed E-state index contributed by atoms with van der Waals surface area (Å²) in [6, 6.07) is 7.65. The molecule has 2 rings (SSSR count). The number of thioether (sulfide) groups is 1. The normalized spacial score (nSPS) is 10.9. The molecule has 1 aromatic carbocycles. The molecule has 0 saturated carbocycles. The van der Waals surface area contributed by atoms with E-state index >= 15 is 0 Å². The molecule has 0 bridgehead atoms. The third-order valence-corrected chi connectivity index (χ3v) is 4.70. The highest BCUT2D eigenvalue weighted by Crippen LogP contribution is 2.23. The van der Waals surface area contributed by atoms with Crippen molar-refractivity contribution in [1.82, 2.24) is 10.2 Å². The molecule has 5 nitrogen and oxygen atoms in total. The molecule has 0 spiro atoms. The fraction of sp³-hybridized carbons (Fsp3) is 0.312. The van der Waals surface area contributed by atoms with Crippen molar-refractivity contribution >= 4 is 40.2 Å². The molecule has 0 unspecified atom stereocenters. The summed E-state index contributed by atoms with van der Waals surface area (Å²) in [6.45, 7) is 2.86. The predicted octanol–water partition coefficient (Wildman–Crippen LogP) is 4.09. The standard InChI is InChI=1S/C16H19N3O2S2/c1-3-4-11-21-13-8-5-12(6-9-13)7-10-14(20)17-15-18-19-16(22-2)23-15/h5-10H,3-4,11H2,1-2H3,(H,17,18,20)/b10-7+. The van der Waals surface area contributed by atoms with E-state index in [9.17, 15) is 4.79 Å². The summed E-state index contributed by atoms with van der Waals surface area (Å²) in [5.74, 6) is 0.621. The van der Waals surface area contributed by atoms with Crippen molar-refractivity contribution in [3.8, 4) is 5.75 Å². The fourth-order valence-electron chi connectivity index (χ4n) is 1.67. The van der Waals surface area contributed by atoms with Gasteiger partial charge in [-0.1, -0.05) is 48.6 Å². The lowest BCUT2D eigenvalue weighted by atomic mass is 10.2. The highest BCUT2D eigenvalue weighted by molar-refractivity contribution is 8.00. The van der Waals surface area contributed by atoms with Crippen LogP contribution in [0.2, 0.25) is 0 Å². The second kappa shape index (κ2) is 9.32. The second-order valence-electron chi connectivity index (χ2n) is 4.67. The largest absolute Gasteiger partial charge is 0.494 e. The molecule has 0 atom stereocenters. The predicted molar refractivity (Wildman–Crippen MR) is 96.2 cm³/mol. The molecule has 0 aliphatic rings. The van der Waals surface area contributed by atoms with Crippen molar-refractivity contribution in [3.63, 3.8) is 0 Å². The molecule has 23 heavy (non-hydrogen) atoms. The van der Waals surface area contributed by atoms with Gasteiger partial charge in [0.25, 0.3) is 0 Å². The van der Waals surface area contributed by atoms with Gasteiger partial charge in [0, 0.05) is 6.08 Å². The second-order valence-corrected chi connectivity index (χ2v) is 6.70. The van der Waals surface area contributed by atoms with Gasteiger partial charge in [-0.05, 0) is 36.4 Å². The van der Waals surface area contributed by atoms with E-state index in [0.29, 0.717) is 5.13 Å². The number of anilines is 1. The number of rotatable bonds is 8. The Labute approximate surface area is 144 Å². The number of benzene rings is 1. The van der Waals surface area contributed by atoms with E-state index in [0.717, 1.165) is 35.1 Å². The van der Waals surface area contributed by atoms with E-state index in [1.807, 2.05) is 30.5 Å². The minimum absolute atomic E-state index is 0.225. The van der Waals surface area contributed by atoms with Crippen LogP contribution in [-0.2, 0) is 4.79 Å². The maximum Gasteiger partial charge on any atom is 0.250 e. The molecule has 7 heteroatoms. The van der Waals surface area contributed by atoms with Gasteiger partial charge in [-0.25, -0.2) is 0 Å². The lowest BCUT2D eigenvalue weighted by Crippen LogP contribution is -2.07. The Hall–Kier alpha value is -1.86. The van der Waals surface area contributed by atoms with Gasteiger partial charge in [-0.3, -0.25) is 10.1 Å². The number of carbonyl (C=O) groups is 1. The molecule has 1 N–H and O–H groups in total. The van der Waals surface area contributed by atoms with Crippen molar-refractivity contribution in [3.05, 3.63) is 35.9 Å². The Morgan fingerprint density at radius 3 is 2.78 bits per heavy atom.